The van der Waals surface area contributed by atoms with E-state index in [9.17, 15) is 8.42 Å². The highest BCUT2D eigenvalue weighted by Crippen LogP contribution is 2.07. The van der Waals surface area contributed by atoms with Gasteiger partial charge in [0, 0.05) is 0 Å². The molecule has 124 valence electrons. The minimum Gasteiger partial charge on any atom is -0.394 e. The molecule has 0 saturated heterocycles. The average Bonchev–Trinajstić information content (AvgIpc) is 2.41. The van der Waals surface area contributed by atoms with Gasteiger partial charge in [-0.1, -0.05) is 0 Å². The van der Waals surface area contributed by atoms with Crippen LogP contribution in [0.5, 0.6) is 0 Å². The molecule has 0 aliphatic rings. The Morgan fingerprint density at radius 1 is 0.950 bits per heavy atom. The predicted octanol–water partition coefficient (Wildman–Crippen LogP) is -2.98. The number of hydrogen-bond acceptors (Lipinski definition) is 10. The molecular formula is C8H21NO10S. The predicted molar refractivity (Wildman–Crippen MR) is 64.6 cm³/mol. The molecule has 12 heteroatoms. The maximum absolute atomic E-state index is 9.33. The molecule has 0 heterocycles. The van der Waals surface area contributed by atoms with Crippen molar-refractivity contribution in [3.63, 3.8) is 0 Å². The van der Waals surface area contributed by atoms with E-state index in [0.29, 0.717) is 0 Å². The first-order valence-corrected chi connectivity index (χ1v) is 6.67. The third-order valence-electron chi connectivity index (χ3n) is 1.39. The second-order valence-corrected chi connectivity index (χ2v) is 4.10. The van der Waals surface area contributed by atoms with Gasteiger partial charge in [0.1, 0.15) is 0 Å². The monoisotopic (exact) mass is 323 g/mol. The summed E-state index contributed by atoms with van der Waals surface area (Å²) in [6.07, 6.45) is -1.83. The van der Waals surface area contributed by atoms with Gasteiger partial charge >= 0.3 is 16.5 Å². The van der Waals surface area contributed by atoms with E-state index in [-0.39, 0.29) is 39.6 Å². The van der Waals surface area contributed by atoms with E-state index in [0.717, 1.165) is 7.11 Å². The van der Waals surface area contributed by atoms with E-state index < -0.39 is 16.5 Å². The molecule has 0 bridgehead atoms. The average molecular weight is 323 g/mol. The molecule has 20 heavy (non-hydrogen) atoms. The lowest BCUT2D eigenvalue weighted by Crippen LogP contribution is -2.50. The van der Waals surface area contributed by atoms with Gasteiger partial charge in [-0.15, -0.1) is 0 Å². The first-order chi connectivity index (χ1) is 9.24. The molecule has 0 aromatic heterocycles. The summed E-state index contributed by atoms with van der Waals surface area (Å²) in [4.78, 5) is 0. The fraction of sp³-hybridized carbons (Fsp3) is 1.00. The standard InChI is InChI=1S/C7H17NO6.CH4O4S/c8-7(12-4-1-9,13-5-2-10)14-6-3-11;1-5-6(2,3)4/h9-11H,1-6,8H2;1H3,(H,2,3,4). The summed E-state index contributed by atoms with van der Waals surface area (Å²) in [7, 11) is -3.29. The number of aliphatic hydroxyl groups excluding tert-OH is 3. The first-order valence-electron chi connectivity index (χ1n) is 5.31. The Kier molecular flexibility index (Phi) is 13.5. The molecular weight excluding hydrogens is 302 g/mol. The zero-order valence-corrected chi connectivity index (χ0v) is 11.8. The third-order valence-corrected chi connectivity index (χ3v) is 1.82. The minimum atomic E-state index is -4.16. The molecule has 0 aliphatic carbocycles. The lowest BCUT2D eigenvalue weighted by molar-refractivity contribution is -0.381. The van der Waals surface area contributed by atoms with Gasteiger partial charge in [-0.05, 0) is 0 Å². The van der Waals surface area contributed by atoms with E-state index in [4.69, 9.17) is 39.8 Å². The van der Waals surface area contributed by atoms with Gasteiger partial charge in [-0.25, -0.2) is 0 Å². The van der Waals surface area contributed by atoms with Gasteiger partial charge in [0.25, 0.3) is 0 Å². The molecule has 0 spiro atoms. The molecule has 0 aliphatic heterocycles. The van der Waals surface area contributed by atoms with Crippen LogP contribution < -0.4 is 5.73 Å². The molecule has 0 aromatic carbocycles. The van der Waals surface area contributed by atoms with E-state index in [2.05, 4.69) is 4.18 Å². The molecule has 0 radical (unpaired) electrons. The maximum Gasteiger partial charge on any atom is 0.397 e. The van der Waals surface area contributed by atoms with Crippen molar-refractivity contribution in [3.8, 4) is 0 Å². The second-order valence-electron chi connectivity index (χ2n) is 2.91. The zero-order valence-electron chi connectivity index (χ0n) is 11.0. The molecule has 0 unspecified atom stereocenters. The van der Waals surface area contributed by atoms with Crippen molar-refractivity contribution in [1.82, 2.24) is 0 Å². The Morgan fingerprint density at radius 3 is 1.35 bits per heavy atom. The summed E-state index contributed by atoms with van der Waals surface area (Å²) >= 11 is 0. The number of aliphatic hydroxyl groups is 3. The summed E-state index contributed by atoms with van der Waals surface area (Å²) in [5, 5.41) is 25.5. The quantitative estimate of drug-likeness (QED) is 0.204. The Balaban J connectivity index is 0. The van der Waals surface area contributed by atoms with Crippen LogP contribution in [0.25, 0.3) is 0 Å². The summed E-state index contributed by atoms with van der Waals surface area (Å²) in [6, 6.07) is 0. The Labute approximate surface area is 116 Å². The van der Waals surface area contributed by atoms with Gasteiger partial charge in [0.15, 0.2) is 0 Å². The number of ether oxygens (including phenoxy) is 3. The minimum absolute atomic E-state index is 0.0621. The fourth-order valence-corrected chi connectivity index (χ4v) is 0.689. The number of nitrogens with two attached hydrogens (primary N) is 1. The zero-order chi connectivity index (χ0) is 16.1. The number of rotatable bonds is 10. The molecule has 6 N–H and O–H groups in total. The fourth-order valence-electron chi connectivity index (χ4n) is 0.689. The summed E-state index contributed by atoms with van der Waals surface area (Å²) in [6.45, 7) is -0.883. The van der Waals surface area contributed by atoms with Crippen LogP contribution >= 0.6 is 0 Å². The largest absolute Gasteiger partial charge is 0.397 e. The van der Waals surface area contributed by atoms with Crippen LogP contribution in [0.2, 0.25) is 0 Å². The van der Waals surface area contributed by atoms with Gasteiger partial charge in [0.05, 0.1) is 46.8 Å². The van der Waals surface area contributed by atoms with Crippen LogP contribution in [0.4, 0.5) is 0 Å². The highest BCUT2D eigenvalue weighted by atomic mass is 32.3. The van der Waals surface area contributed by atoms with Gasteiger partial charge in [-0.2, -0.15) is 8.42 Å². The lowest BCUT2D eigenvalue weighted by atomic mass is 10.7. The number of hydrogen-bond donors (Lipinski definition) is 5. The highest BCUT2D eigenvalue weighted by Gasteiger charge is 2.27. The molecule has 0 amide bonds. The molecule has 0 atom stereocenters. The van der Waals surface area contributed by atoms with Crippen molar-refractivity contribution in [3.05, 3.63) is 0 Å². The van der Waals surface area contributed by atoms with Crippen molar-refractivity contribution in [1.29, 1.82) is 0 Å². The van der Waals surface area contributed by atoms with Crippen LogP contribution in [0.15, 0.2) is 0 Å². The molecule has 0 aromatic rings. The van der Waals surface area contributed by atoms with E-state index >= 15 is 0 Å². The molecule has 0 fully saturated rings. The van der Waals surface area contributed by atoms with Crippen molar-refractivity contribution < 1.29 is 46.7 Å². The molecule has 0 rings (SSSR count). The second kappa shape index (κ2) is 12.3. The van der Waals surface area contributed by atoms with Gasteiger partial charge in [0.2, 0.25) is 0 Å². The Hall–Kier alpha value is -0.410. The SMILES string of the molecule is COS(=O)(=O)O.NC(OCCO)(OCCO)OCCO. The van der Waals surface area contributed by atoms with Gasteiger partial charge < -0.3 is 29.5 Å². The van der Waals surface area contributed by atoms with E-state index in [1.165, 1.54) is 0 Å². The van der Waals surface area contributed by atoms with Gasteiger partial charge in [-0.3, -0.25) is 14.5 Å². The maximum atomic E-state index is 9.33. The van der Waals surface area contributed by atoms with Crippen molar-refractivity contribution in [2.24, 2.45) is 5.73 Å². The third kappa shape index (κ3) is 15.6. The van der Waals surface area contributed by atoms with Crippen LogP contribution in [0.3, 0.4) is 0 Å². The lowest BCUT2D eigenvalue weighted by Gasteiger charge is -2.27. The van der Waals surface area contributed by atoms with Crippen molar-refractivity contribution in [2.75, 3.05) is 46.8 Å². The van der Waals surface area contributed by atoms with Crippen molar-refractivity contribution in [2.45, 2.75) is 6.10 Å². The summed E-state index contributed by atoms with van der Waals surface area (Å²) < 4.78 is 44.2. The van der Waals surface area contributed by atoms with Crippen LogP contribution in [-0.4, -0.2) is 81.1 Å². The topological polar surface area (TPSA) is 178 Å². The van der Waals surface area contributed by atoms with E-state index in [1.807, 2.05) is 0 Å². The van der Waals surface area contributed by atoms with Crippen LogP contribution in [0.1, 0.15) is 0 Å². The summed E-state index contributed by atoms with van der Waals surface area (Å²) in [5.74, 6) is 0. The summed E-state index contributed by atoms with van der Waals surface area (Å²) in [5.41, 5.74) is 5.46. The molecule has 0 saturated carbocycles. The first kappa shape index (κ1) is 21.9. The normalized spacial score (nSPS) is 11.9. The van der Waals surface area contributed by atoms with Crippen LogP contribution in [-0.2, 0) is 28.8 Å². The highest BCUT2D eigenvalue weighted by molar-refractivity contribution is 7.80. The smallest absolute Gasteiger partial charge is 0.394 e. The Morgan fingerprint density at radius 2 is 1.20 bits per heavy atom. The van der Waals surface area contributed by atoms with E-state index in [1.54, 1.807) is 0 Å². The molecule has 11 nitrogen and oxygen atoms in total. The van der Waals surface area contributed by atoms with Crippen molar-refractivity contribution >= 4 is 10.4 Å². The van der Waals surface area contributed by atoms with Crippen LogP contribution in [0, 0.1) is 0 Å². The Bertz CT molecular complexity index is 287.